The van der Waals surface area contributed by atoms with Crippen LogP contribution in [0.25, 0.3) is 0 Å². The van der Waals surface area contributed by atoms with Crippen LogP contribution in [0.5, 0.6) is 0 Å². The summed E-state index contributed by atoms with van der Waals surface area (Å²) in [6.45, 7) is 5.33. The van der Waals surface area contributed by atoms with E-state index in [1.54, 1.807) is 42.9 Å². The maximum absolute atomic E-state index is 13.1. The Hall–Kier alpha value is -3.20. The van der Waals surface area contributed by atoms with E-state index in [1.165, 1.54) is 10.5 Å². The number of anilines is 3. The maximum Gasteiger partial charge on any atom is 0.265 e. The maximum atomic E-state index is 13.1. The van der Waals surface area contributed by atoms with Crippen LogP contribution in [-0.2, 0) is 10.0 Å². The SMILES string of the molecule is CCN(c1ccccc1)S(=O)(=O)c1ccc(N2CCN(c3cnccn3)CC2)nc1. The molecule has 156 valence electrons. The molecule has 0 unspecified atom stereocenters. The monoisotopic (exact) mass is 424 g/mol. The van der Waals surface area contributed by atoms with Gasteiger partial charge >= 0.3 is 0 Å². The standard InChI is InChI=1S/C21H24N6O2S/c1-2-27(18-6-4-3-5-7-18)30(28,29)19-8-9-20(24-16-19)25-12-14-26(15-13-25)21-17-22-10-11-23-21/h3-11,16-17H,2,12-15H2,1H3. The van der Waals surface area contributed by atoms with Gasteiger partial charge in [-0.25, -0.2) is 18.4 Å². The van der Waals surface area contributed by atoms with Gasteiger partial charge in [-0.3, -0.25) is 9.29 Å². The van der Waals surface area contributed by atoms with Crippen molar-refractivity contribution >= 4 is 27.3 Å². The molecule has 0 saturated carbocycles. The minimum Gasteiger partial charge on any atom is -0.353 e. The van der Waals surface area contributed by atoms with E-state index in [0.29, 0.717) is 12.2 Å². The molecule has 1 aliphatic rings. The summed E-state index contributed by atoms with van der Waals surface area (Å²) in [7, 11) is -3.67. The van der Waals surface area contributed by atoms with Crippen LogP contribution in [-0.4, -0.2) is 56.1 Å². The number of sulfonamides is 1. The number of rotatable bonds is 6. The molecule has 2 aromatic heterocycles. The van der Waals surface area contributed by atoms with Crippen LogP contribution in [0.1, 0.15) is 6.92 Å². The van der Waals surface area contributed by atoms with Crippen molar-refractivity contribution in [3.63, 3.8) is 0 Å². The molecule has 0 atom stereocenters. The Labute approximate surface area is 176 Å². The number of nitrogens with zero attached hydrogens (tertiary/aromatic N) is 6. The Balaban J connectivity index is 1.46. The number of piperazine rings is 1. The third-order valence-corrected chi connectivity index (χ3v) is 7.00. The van der Waals surface area contributed by atoms with Gasteiger partial charge in [-0.05, 0) is 31.2 Å². The summed E-state index contributed by atoms with van der Waals surface area (Å²) in [5.74, 6) is 1.64. The van der Waals surface area contributed by atoms with Gasteiger partial charge in [0.25, 0.3) is 10.0 Å². The minimum atomic E-state index is -3.67. The predicted molar refractivity (Wildman–Crippen MR) is 117 cm³/mol. The lowest BCUT2D eigenvalue weighted by Crippen LogP contribution is -2.47. The summed E-state index contributed by atoms with van der Waals surface area (Å²) in [5, 5.41) is 0. The van der Waals surface area contributed by atoms with Gasteiger partial charge in [-0.2, -0.15) is 0 Å². The quantitative estimate of drug-likeness (QED) is 0.601. The number of hydrogen-bond acceptors (Lipinski definition) is 7. The molecule has 0 aliphatic carbocycles. The highest BCUT2D eigenvalue weighted by molar-refractivity contribution is 7.92. The second-order valence-electron chi connectivity index (χ2n) is 6.90. The molecule has 8 nitrogen and oxygen atoms in total. The van der Waals surface area contributed by atoms with E-state index in [4.69, 9.17) is 0 Å². The first-order valence-corrected chi connectivity index (χ1v) is 11.3. The van der Waals surface area contributed by atoms with Gasteiger partial charge in [0.1, 0.15) is 16.5 Å². The van der Waals surface area contributed by atoms with Gasteiger partial charge in [0, 0.05) is 51.3 Å². The average Bonchev–Trinajstić information content (AvgIpc) is 2.81. The fourth-order valence-electron chi connectivity index (χ4n) is 3.54. The molecule has 3 aromatic rings. The van der Waals surface area contributed by atoms with Crippen molar-refractivity contribution in [3.8, 4) is 0 Å². The van der Waals surface area contributed by atoms with Gasteiger partial charge in [0.15, 0.2) is 0 Å². The molecule has 0 bridgehead atoms. The molecule has 9 heteroatoms. The molecule has 1 aromatic carbocycles. The van der Waals surface area contributed by atoms with Gasteiger partial charge in [-0.15, -0.1) is 0 Å². The first-order valence-electron chi connectivity index (χ1n) is 9.89. The summed E-state index contributed by atoms with van der Waals surface area (Å²) in [6, 6.07) is 12.5. The van der Waals surface area contributed by atoms with Crippen molar-refractivity contribution < 1.29 is 8.42 Å². The van der Waals surface area contributed by atoms with Crippen molar-refractivity contribution in [1.82, 2.24) is 15.0 Å². The first-order chi connectivity index (χ1) is 14.6. The third kappa shape index (κ3) is 4.06. The smallest absolute Gasteiger partial charge is 0.265 e. The Morgan fingerprint density at radius 2 is 1.57 bits per heavy atom. The molecule has 0 N–H and O–H groups in total. The molecule has 0 spiro atoms. The second-order valence-corrected chi connectivity index (χ2v) is 8.76. The highest BCUT2D eigenvalue weighted by atomic mass is 32.2. The van der Waals surface area contributed by atoms with Crippen molar-refractivity contribution in [2.45, 2.75) is 11.8 Å². The fraction of sp³-hybridized carbons (Fsp3) is 0.286. The summed E-state index contributed by atoms with van der Waals surface area (Å²) in [6.07, 6.45) is 6.57. The number of para-hydroxylation sites is 1. The normalized spacial score (nSPS) is 14.6. The van der Waals surface area contributed by atoms with Crippen LogP contribution in [0.15, 0.2) is 72.1 Å². The van der Waals surface area contributed by atoms with E-state index >= 15 is 0 Å². The fourth-order valence-corrected chi connectivity index (χ4v) is 4.96. The highest BCUT2D eigenvalue weighted by Gasteiger charge is 2.25. The molecule has 1 saturated heterocycles. The molecule has 1 fully saturated rings. The predicted octanol–water partition coefficient (Wildman–Crippen LogP) is 2.41. The Kier molecular flexibility index (Phi) is 5.80. The average molecular weight is 425 g/mol. The Morgan fingerprint density at radius 3 is 2.13 bits per heavy atom. The van der Waals surface area contributed by atoms with Gasteiger partial charge in [0.2, 0.25) is 0 Å². The zero-order chi connectivity index (χ0) is 21.0. The van der Waals surface area contributed by atoms with Gasteiger partial charge in [0.05, 0.1) is 11.9 Å². The van der Waals surface area contributed by atoms with Crippen LogP contribution in [0, 0.1) is 0 Å². The molecule has 30 heavy (non-hydrogen) atoms. The van der Waals surface area contributed by atoms with E-state index in [0.717, 1.165) is 37.8 Å². The molecule has 3 heterocycles. The number of aromatic nitrogens is 3. The molecular weight excluding hydrogens is 400 g/mol. The number of benzene rings is 1. The van der Waals surface area contributed by atoms with Gasteiger partial charge in [-0.1, -0.05) is 18.2 Å². The number of hydrogen-bond donors (Lipinski definition) is 0. The molecule has 0 amide bonds. The molecule has 4 rings (SSSR count). The van der Waals surface area contributed by atoms with Crippen LogP contribution >= 0.6 is 0 Å². The molecule has 0 radical (unpaired) electrons. The summed E-state index contributed by atoms with van der Waals surface area (Å²) in [5.41, 5.74) is 0.643. The van der Waals surface area contributed by atoms with Crippen LogP contribution in [0.3, 0.4) is 0 Å². The lowest BCUT2D eigenvalue weighted by Gasteiger charge is -2.35. The van der Waals surface area contributed by atoms with E-state index < -0.39 is 10.0 Å². The second kappa shape index (κ2) is 8.66. The Morgan fingerprint density at radius 1 is 0.867 bits per heavy atom. The summed E-state index contributed by atoms with van der Waals surface area (Å²) in [4.78, 5) is 17.4. The third-order valence-electron chi connectivity index (χ3n) is 5.12. The Bertz CT molecular complexity index is 1050. The lowest BCUT2D eigenvalue weighted by atomic mass is 10.3. The van der Waals surface area contributed by atoms with E-state index in [2.05, 4.69) is 24.8 Å². The van der Waals surface area contributed by atoms with Crippen LogP contribution < -0.4 is 14.1 Å². The zero-order valence-corrected chi connectivity index (χ0v) is 17.6. The first kappa shape index (κ1) is 20.1. The zero-order valence-electron chi connectivity index (χ0n) is 16.8. The molecule has 1 aliphatic heterocycles. The van der Waals surface area contributed by atoms with Crippen molar-refractivity contribution in [3.05, 3.63) is 67.3 Å². The van der Waals surface area contributed by atoms with Crippen molar-refractivity contribution in [1.29, 1.82) is 0 Å². The summed E-state index contributed by atoms with van der Waals surface area (Å²) >= 11 is 0. The van der Waals surface area contributed by atoms with E-state index in [9.17, 15) is 8.42 Å². The van der Waals surface area contributed by atoms with Crippen molar-refractivity contribution in [2.24, 2.45) is 0 Å². The van der Waals surface area contributed by atoms with Crippen molar-refractivity contribution in [2.75, 3.05) is 46.8 Å². The summed E-state index contributed by atoms with van der Waals surface area (Å²) < 4.78 is 27.6. The van der Waals surface area contributed by atoms with E-state index in [-0.39, 0.29) is 4.90 Å². The van der Waals surface area contributed by atoms with Crippen LogP contribution in [0.2, 0.25) is 0 Å². The lowest BCUT2D eigenvalue weighted by molar-refractivity contribution is 0.591. The topological polar surface area (TPSA) is 82.5 Å². The number of pyridine rings is 1. The molecular formula is C21H24N6O2S. The minimum absolute atomic E-state index is 0.190. The van der Waals surface area contributed by atoms with Gasteiger partial charge < -0.3 is 9.80 Å². The van der Waals surface area contributed by atoms with Crippen LogP contribution in [0.4, 0.5) is 17.3 Å². The largest absolute Gasteiger partial charge is 0.353 e. The highest BCUT2D eigenvalue weighted by Crippen LogP contribution is 2.24. The van der Waals surface area contributed by atoms with E-state index in [1.807, 2.05) is 25.1 Å².